The second-order valence-corrected chi connectivity index (χ2v) is 3.90. The Kier molecular flexibility index (Phi) is 5.64. The van der Waals surface area contributed by atoms with Crippen LogP contribution in [0.25, 0.3) is 0 Å². The molecule has 0 aliphatic heterocycles. The smallest absolute Gasteiger partial charge is 0.0416 e. The third-order valence-electron chi connectivity index (χ3n) is 2.17. The second kappa shape index (κ2) is 6.85. The van der Waals surface area contributed by atoms with Crippen LogP contribution in [0.15, 0.2) is 24.4 Å². The number of rotatable bonds is 6. The first-order valence-corrected chi connectivity index (χ1v) is 5.65. The number of hydrogen-bond donors (Lipinski definition) is 1. The first-order valence-electron chi connectivity index (χ1n) is 5.02. The number of likely N-dealkylation sites (N-methyl/N-ethyl adjacent to an activating group) is 1. The van der Waals surface area contributed by atoms with Crippen molar-refractivity contribution in [3.8, 4) is 0 Å². The lowest BCUT2D eigenvalue weighted by Crippen LogP contribution is -2.22. The fourth-order valence-electron chi connectivity index (χ4n) is 1.30. The van der Waals surface area contributed by atoms with Gasteiger partial charge in [0.1, 0.15) is 0 Å². The molecule has 0 aliphatic carbocycles. The molecule has 0 N–H and O–H groups in total. The normalized spacial score (nSPS) is 10.8. The third kappa shape index (κ3) is 4.63. The van der Waals surface area contributed by atoms with Crippen molar-refractivity contribution in [3.63, 3.8) is 0 Å². The van der Waals surface area contributed by atoms with Gasteiger partial charge in [-0.25, -0.2) is 0 Å². The van der Waals surface area contributed by atoms with Gasteiger partial charge in [0.2, 0.25) is 0 Å². The number of aromatic nitrogens is 1. The monoisotopic (exact) mass is 210 g/mol. The Morgan fingerprint density at radius 3 is 2.86 bits per heavy atom. The molecule has 1 aromatic rings. The Morgan fingerprint density at radius 1 is 1.36 bits per heavy atom. The average Bonchev–Trinajstić information content (AvgIpc) is 2.25. The largest absolute Gasteiger partial charge is 0.306 e. The predicted octanol–water partition coefficient (Wildman–Crippen LogP) is 1.88. The molecular formula is C11H18N2S. The van der Waals surface area contributed by atoms with Gasteiger partial charge in [-0.3, -0.25) is 4.98 Å². The van der Waals surface area contributed by atoms with E-state index in [1.807, 2.05) is 18.3 Å². The van der Waals surface area contributed by atoms with Crippen molar-refractivity contribution in [1.29, 1.82) is 0 Å². The molecule has 0 aliphatic rings. The Labute approximate surface area is 91.8 Å². The average molecular weight is 210 g/mol. The van der Waals surface area contributed by atoms with Crippen molar-refractivity contribution in [2.45, 2.75) is 12.8 Å². The minimum Gasteiger partial charge on any atom is -0.306 e. The lowest BCUT2D eigenvalue weighted by atomic mass is 10.2. The van der Waals surface area contributed by atoms with Crippen LogP contribution in [-0.2, 0) is 6.42 Å². The first kappa shape index (κ1) is 11.5. The van der Waals surface area contributed by atoms with Crippen LogP contribution >= 0.6 is 12.6 Å². The zero-order valence-corrected chi connectivity index (χ0v) is 9.58. The lowest BCUT2D eigenvalue weighted by molar-refractivity contribution is 0.339. The van der Waals surface area contributed by atoms with Gasteiger partial charge < -0.3 is 4.90 Å². The fourth-order valence-corrected chi connectivity index (χ4v) is 1.45. The summed E-state index contributed by atoms with van der Waals surface area (Å²) in [6.45, 7) is 2.20. The van der Waals surface area contributed by atoms with Gasteiger partial charge in [0.05, 0.1) is 0 Å². The summed E-state index contributed by atoms with van der Waals surface area (Å²) in [6.07, 6.45) is 4.04. The van der Waals surface area contributed by atoms with E-state index in [0.29, 0.717) is 0 Å². The Hall–Kier alpha value is -0.540. The van der Waals surface area contributed by atoms with Crippen LogP contribution < -0.4 is 0 Å². The van der Waals surface area contributed by atoms with Crippen LogP contribution in [0.5, 0.6) is 0 Å². The maximum Gasteiger partial charge on any atom is 0.0416 e. The third-order valence-corrected chi connectivity index (χ3v) is 2.49. The summed E-state index contributed by atoms with van der Waals surface area (Å²) in [7, 11) is 2.15. The molecule has 0 amide bonds. The van der Waals surface area contributed by atoms with Crippen LogP contribution in [0.2, 0.25) is 0 Å². The summed E-state index contributed by atoms with van der Waals surface area (Å²) >= 11 is 4.19. The lowest BCUT2D eigenvalue weighted by Gasteiger charge is -2.15. The molecule has 3 heteroatoms. The van der Waals surface area contributed by atoms with Crippen molar-refractivity contribution in [3.05, 3.63) is 30.1 Å². The molecule has 14 heavy (non-hydrogen) atoms. The van der Waals surface area contributed by atoms with Gasteiger partial charge in [0, 0.05) is 24.9 Å². The Balaban J connectivity index is 2.20. The molecule has 1 heterocycles. The highest BCUT2D eigenvalue weighted by Crippen LogP contribution is 1.97. The zero-order chi connectivity index (χ0) is 10.2. The Bertz CT molecular complexity index is 238. The highest BCUT2D eigenvalue weighted by Gasteiger charge is 1.98. The van der Waals surface area contributed by atoms with Crippen molar-refractivity contribution in [1.82, 2.24) is 9.88 Å². The molecule has 78 valence electrons. The highest BCUT2D eigenvalue weighted by molar-refractivity contribution is 7.80. The summed E-state index contributed by atoms with van der Waals surface area (Å²) in [5, 5.41) is 0. The summed E-state index contributed by atoms with van der Waals surface area (Å²) in [5.41, 5.74) is 1.17. The summed E-state index contributed by atoms with van der Waals surface area (Å²) in [5.74, 6) is 0.966. The highest BCUT2D eigenvalue weighted by atomic mass is 32.1. The van der Waals surface area contributed by atoms with Gasteiger partial charge in [-0.05, 0) is 37.9 Å². The van der Waals surface area contributed by atoms with E-state index in [0.717, 1.165) is 31.7 Å². The van der Waals surface area contributed by atoms with Crippen LogP contribution in [-0.4, -0.2) is 35.8 Å². The van der Waals surface area contributed by atoms with Gasteiger partial charge in [-0.15, -0.1) is 0 Å². The van der Waals surface area contributed by atoms with Crippen LogP contribution in [0, 0.1) is 0 Å². The quantitative estimate of drug-likeness (QED) is 0.722. The van der Waals surface area contributed by atoms with E-state index in [4.69, 9.17) is 0 Å². The molecule has 1 rings (SSSR count). The van der Waals surface area contributed by atoms with Gasteiger partial charge in [-0.2, -0.15) is 12.6 Å². The number of nitrogens with zero attached hydrogens (tertiary/aromatic N) is 2. The number of pyridine rings is 1. The molecule has 0 fully saturated rings. The molecule has 0 aromatic carbocycles. The molecule has 0 bridgehead atoms. The molecule has 0 saturated heterocycles. The van der Waals surface area contributed by atoms with Crippen LogP contribution in [0.3, 0.4) is 0 Å². The molecule has 1 aromatic heterocycles. The van der Waals surface area contributed by atoms with E-state index in [9.17, 15) is 0 Å². The van der Waals surface area contributed by atoms with Crippen molar-refractivity contribution in [2.24, 2.45) is 0 Å². The predicted molar refractivity (Wildman–Crippen MR) is 63.9 cm³/mol. The Morgan fingerprint density at radius 2 is 2.21 bits per heavy atom. The minimum absolute atomic E-state index is 0.966. The molecule has 0 saturated carbocycles. The minimum atomic E-state index is 0.966. The van der Waals surface area contributed by atoms with E-state index in [-0.39, 0.29) is 0 Å². The van der Waals surface area contributed by atoms with Crippen LogP contribution in [0.4, 0.5) is 0 Å². The molecular weight excluding hydrogens is 192 g/mol. The SMILES string of the molecule is CN(CCCS)CCc1ccccn1. The first-order chi connectivity index (χ1) is 6.83. The van der Waals surface area contributed by atoms with Crippen molar-refractivity contribution < 1.29 is 0 Å². The van der Waals surface area contributed by atoms with Gasteiger partial charge in [-0.1, -0.05) is 6.07 Å². The van der Waals surface area contributed by atoms with E-state index in [1.165, 1.54) is 5.69 Å². The van der Waals surface area contributed by atoms with Crippen molar-refractivity contribution in [2.75, 3.05) is 25.9 Å². The van der Waals surface area contributed by atoms with Crippen LogP contribution in [0.1, 0.15) is 12.1 Å². The zero-order valence-electron chi connectivity index (χ0n) is 8.69. The van der Waals surface area contributed by atoms with E-state index in [1.54, 1.807) is 0 Å². The van der Waals surface area contributed by atoms with Gasteiger partial charge in [0.25, 0.3) is 0 Å². The number of thiol groups is 1. The van der Waals surface area contributed by atoms with E-state index < -0.39 is 0 Å². The summed E-state index contributed by atoms with van der Waals surface area (Å²) < 4.78 is 0. The van der Waals surface area contributed by atoms with E-state index >= 15 is 0 Å². The van der Waals surface area contributed by atoms with Crippen molar-refractivity contribution >= 4 is 12.6 Å². The summed E-state index contributed by atoms with van der Waals surface area (Å²) in [4.78, 5) is 6.61. The molecule has 0 spiro atoms. The number of hydrogen-bond acceptors (Lipinski definition) is 3. The fraction of sp³-hybridized carbons (Fsp3) is 0.545. The van der Waals surface area contributed by atoms with E-state index in [2.05, 4.69) is 35.6 Å². The molecule has 0 unspecified atom stereocenters. The van der Waals surface area contributed by atoms with Gasteiger partial charge in [0.15, 0.2) is 0 Å². The topological polar surface area (TPSA) is 16.1 Å². The van der Waals surface area contributed by atoms with Gasteiger partial charge >= 0.3 is 0 Å². The molecule has 0 radical (unpaired) electrons. The maximum atomic E-state index is 4.29. The summed E-state index contributed by atoms with van der Waals surface area (Å²) in [6, 6.07) is 6.07. The standard InChI is InChI=1S/C11H18N2S/c1-13(8-4-10-14)9-6-11-5-2-3-7-12-11/h2-3,5,7,14H,4,6,8-10H2,1H3. The molecule has 2 nitrogen and oxygen atoms in total. The second-order valence-electron chi connectivity index (χ2n) is 3.45. The molecule has 0 atom stereocenters. The maximum absolute atomic E-state index is 4.29.